The van der Waals surface area contributed by atoms with Crippen LogP contribution in [0.4, 0.5) is 5.69 Å². The van der Waals surface area contributed by atoms with Crippen molar-refractivity contribution < 1.29 is 4.79 Å². The third-order valence-corrected chi connectivity index (χ3v) is 6.00. The third kappa shape index (κ3) is 2.36. The Kier molecular flexibility index (Phi) is 3.69. The molecule has 1 saturated carbocycles. The number of nitrogens with zero attached hydrogens (tertiary/aromatic N) is 1. The number of nitrogens with one attached hydrogen (secondary N) is 1. The van der Waals surface area contributed by atoms with Crippen molar-refractivity contribution in [2.24, 2.45) is 5.92 Å². The lowest BCUT2D eigenvalue weighted by molar-refractivity contribution is -0.127. The first-order valence-corrected chi connectivity index (χ1v) is 8.92. The second kappa shape index (κ2) is 5.69. The number of likely N-dealkylation sites (tertiary alicyclic amines) is 1. The molecule has 1 aromatic carbocycles. The topological polar surface area (TPSA) is 32.3 Å². The van der Waals surface area contributed by atoms with Gasteiger partial charge >= 0.3 is 0 Å². The molecular weight excluding hydrogens is 272 g/mol. The van der Waals surface area contributed by atoms with Crippen molar-refractivity contribution in [1.29, 1.82) is 0 Å². The maximum absolute atomic E-state index is 12.9. The molecule has 2 heterocycles. The van der Waals surface area contributed by atoms with E-state index in [2.05, 4.69) is 22.3 Å². The van der Waals surface area contributed by atoms with Crippen LogP contribution < -0.4 is 5.32 Å². The van der Waals surface area contributed by atoms with Crippen molar-refractivity contribution in [3.8, 4) is 0 Å². The maximum atomic E-state index is 12.9. The zero-order valence-corrected chi connectivity index (χ0v) is 13.3. The average molecular weight is 298 g/mol. The Morgan fingerprint density at radius 2 is 1.95 bits per heavy atom. The van der Waals surface area contributed by atoms with E-state index < -0.39 is 0 Å². The molecule has 1 saturated heterocycles. The van der Waals surface area contributed by atoms with Crippen LogP contribution in [0.1, 0.15) is 50.5 Å². The quantitative estimate of drug-likeness (QED) is 0.905. The van der Waals surface area contributed by atoms with Gasteiger partial charge < -0.3 is 5.32 Å². The van der Waals surface area contributed by atoms with Crippen LogP contribution in [0.3, 0.4) is 0 Å². The number of hydrogen-bond acceptors (Lipinski definition) is 2. The standard InChI is InChI=1S/C19H26N2O/c22-18-19(13-16-9-4-5-10-17(16)20-18)11-6-12-21(19)14-15-7-2-1-3-8-15/h4-5,9-10,15H,1-3,6-8,11-14H2,(H,20,22). The highest BCUT2D eigenvalue weighted by Gasteiger charge is 2.49. The van der Waals surface area contributed by atoms with Crippen molar-refractivity contribution in [2.75, 3.05) is 18.4 Å². The van der Waals surface area contributed by atoms with Gasteiger partial charge in [0, 0.05) is 18.7 Å². The summed E-state index contributed by atoms with van der Waals surface area (Å²) in [5.41, 5.74) is 2.05. The summed E-state index contributed by atoms with van der Waals surface area (Å²) < 4.78 is 0. The molecule has 3 nitrogen and oxygen atoms in total. The van der Waals surface area contributed by atoms with E-state index in [4.69, 9.17) is 0 Å². The number of amides is 1. The first kappa shape index (κ1) is 14.3. The van der Waals surface area contributed by atoms with Gasteiger partial charge in [-0.1, -0.05) is 37.5 Å². The molecule has 118 valence electrons. The maximum Gasteiger partial charge on any atom is 0.245 e. The molecule has 1 aromatic rings. The summed E-state index contributed by atoms with van der Waals surface area (Å²) >= 11 is 0. The van der Waals surface area contributed by atoms with Crippen molar-refractivity contribution >= 4 is 11.6 Å². The fourth-order valence-corrected chi connectivity index (χ4v) is 4.77. The lowest BCUT2D eigenvalue weighted by Gasteiger charge is -2.42. The fourth-order valence-electron chi connectivity index (χ4n) is 4.77. The number of carbonyl (C=O) groups excluding carboxylic acids is 1. The Balaban J connectivity index is 1.57. The number of benzene rings is 1. The number of rotatable bonds is 2. The SMILES string of the molecule is O=C1Nc2ccccc2CC12CCCN2CC1CCCCC1. The average Bonchev–Trinajstić information content (AvgIpc) is 2.93. The Morgan fingerprint density at radius 3 is 2.82 bits per heavy atom. The molecule has 1 aliphatic carbocycles. The molecule has 0 aromatic heterocycles. The minimum absolute atomic E-state index is 0.236. The lowest BCUT2D eigenvalue weighted by Crippen LogP contribution is -2.57. The second-order valence-corrected chi connectivity index (χ2v) is 7.37. The fraction of sp³-hybridized carbons (Fsp3) is 0.632. The minimum Gasteiger partial charge on any atom is -0.324 e. The number of para-hydroxylation sites is 1. The van der Waals surface area contributed by atoms with Crippen LogP contribution >= 0.6 is 0 Å². The van der Waals surface area contributed by atoms with Gasteiger partial charge in [0.2, 0.25) is 5.91 Å². The molecule has 22 heavy (non-hydrogen) atoms. The van der Waals surface area contributed by atoms with Crippen LogP contribution in [-0.2, 0) is 11.2 Å². The third-order valence-electron chi connectivity index (χ3n) is 6.00. The molecule has 1 N–H and O–H groups in total. The van der Waals surface area contributed by atoms with Crippen molar-refractivity contribution in [3.63, 3.8) is 0 Å². The lowest BCUT2D eigenvalue weighted by atomic mass is 9.82. The van der Waals surface area contributed by atoms with Crippen LogP contribution in [-0.4, -0.2) is 29.4 Å². The van der Waals surface area contributed by atoms with Gasteiger partial charge in [0.15, 0.2) is 0 Å². The monoisotopic (exact) mass is 298 g/mol. The van der Waals surface area contributed by atoms with Crippen LogP contribution in [0.25, 0.3) is 0 Å². The van der Waals surface area contributed by atoms with E-state index in [0.717, 1.165) is 44.0 Å². The molecule has 4 rings (SSSR count). The number of hydrogen-bond donors (Lipinski definition) is 1. The van der Waals surface area contributed by atoms with Gasteiger partial charge in [-0.05, 0) is 49.8 Å². The van der Waals surface area contributed by atoms with Crippen molar-refractivity contribution in [2.45, 2.75) is 56.9 Å². The van der Waals surface area contributed by atoms with E-state index in [9.17, 15) is 4.79 Å². The van der Waals surface area contributed by atoms with E-state index >= 15 is 0 Å². The number of fused-ring (bicyclic) bond motifs is 1. The van der Waals surface area contributed by atoms with Crippen LogP contribution in [0.5, 0.6) is 0 Å². The summed E-state index contributed by atoms with van der Waals surface area (Å²) in [6, 6.07) is 8.30. The molecule has 3 heteroatoms. The highest BCUT2D eigenvalue weighted by atomic mass is 16.2. The zero-order valence-electron chi connectivity index (χ0n) is 13.3. The minimum atomic E-state index is -0.272. The first-order valence-electron chi connectivity index (χ1n) is 8.92. The normalized spacial score (nSPS) is 29.5. The highest BCUT2D eigenvalue weighted by molar-refractivity contribution is 6.01. The molecule has 0 bridgehead atoms. The van der Waals surface area contributed by atoms with Gasteiger partial charge in [-0.15, -0.1) is 0 Å². The molecular formula is C19H26N2O. The van der Waals surface area contributed by atoms with Crippen LogP contribution in [0.15, 0.2) is 24.3 Å². The molecule has 2 fully saturated rings. The smallest absolute Gasteiger partial charge is 0.245 e. The van der Waals surface area contributed by atoms with Crippen LogP contribution in [0.2, 0.25) is 0 Å². The van der Waals surface area contributed by atoms with E-state index in [1.165, 1.54) is 37.7 Å². The Labute approximate surface area is 133 Å². The molecule has 1 unspecified atom stereocenters. The van der Waals surface area contributed by atoms with Crippen molar-refractivity contribution in [1.82, 2.24) is 4.90 Å². The molecule has 0 radical (unpaired) electrons. The van der Waals surface area contributed by atoms with Crippen LogP contribution in [0, 0.1) is 5.92 Å². The van der Waals surface area contributed by atoms with Gasteiger partial charge in [-0.3, -0.25) is 9.69 Å². The summed E-state index contributed by atoms with van der Waals surface area (Å²) in [5, 5.41) is 3.18. The molecule has 1 atom stereocenters. The predicted octanol–water partition coefficient (Wildman–Crippen LogP) is 3.60. The Bertz CT molecular complexity index is 564. The largest absolute Gasteiger partial charge is 0.324 e. The van der Waals surface area contributed by atoms with Gasteiger partial charge in [-0.2, -0.15) is 0 Å². The summed E-state index contributed by atoms with van der Waals surface area (Å²) in [6.07, 6.45) is 9.91. The Morgan fingerprint density at radius 1 is 1.14 bits per heavy atom. The van der Waals surface area contributed by atoms with E-state index in [-0.39, 0.29) is 11.4 Å². The van der Waals surface area contributed by atoms with E-state index in [1.807, 2.05) is 12.1 Å². The second-order valence-electron chi connectivity index (χ2n) is 7.37. The number of anilines is 1. The van der Waals surface area contributed by atoms with Gasteiger partial charge in [0.25, 0.3) is 0 Å². The first-order chi connectivity index (χ1) is 10.8. The summed E-state index contributed by atoms with van der Waals surface area (Å²) in [5.74, 6) is 1.04. The Hall–Kier alpha value is -1.35. The summed E-state index contributed by atoms with van der Waals surface area (Å²) in [6.45, 7) is 2.21. The summed E-state index contributed by atoms with van der Waals surface area (Å²) in [4.78, 5) is 15.4. The molecule has 3 aliphatic rings. The highest BCUT2D eigenvalue weighted by Crippen LogP contribution is 2.40. The van der Waals surface area contributed by atoms with E-state index in [0.29, 0.717) is 0 Å². The molecule has 2 aliphatic heterocycles. The van der Waals surface area contributed by atoms with E-state index in [1.54, 1.807) is 0 Å². The van der Waals surface area contributed by atoms with Gasteiger partial charge in [-0.25, -0.2) is 0 Å². The zero-order chi connectivity index (χ0) is 15.0. The predicted molar refractivity (Wildman–Crippen MR) is 88.9 cm³/mol. The number of carbonyl (C=O) groups is 1. The molecule has 1 spiro atoms. The van der Waals surface area contributed by atoms with Gasteiger partial charge in [0.1, 0.15) is 5.54 Å². The van der Waals surface area contributed by atoms with Crippen molar-refractivity contribution in [3.05, 3.63) is 29.8 Å². The summed E-state index contributed by atoms with van der Waals surface area (Å²) in [7, 11) is 0. The molecule has 1 amide bonds. The van der Waals surface area contributed by atoms with Gasteiger partial charge in [0.05, 0.1) is 0 Å².